The fourth-order valence-electron chi connectivity index (χ4n) is 1.50. The van der Waals surface area contributed by atoms with E-state index in [0.717, 1.165) is 5.56 Å². The van der Waals surface area contributed by atoms with Crippen molar-refractivity contribution in [1.29, 1.82) is 0 Å². The third kappa shape index (κ3) is 3.28. The van der Waals surface area contributed by atoms with Crippen molar-refractivity contribution in [3.8, 4) is 0 Å². The van der Waals surface area contributed by atoms with Crippen molar-refractivity contribution in [2.24, 2.45) is 0 Å². The number of carbonyl (C=O) groups is 1. The van der Waals surface area contributed by atoms with E-state index in [1.807, 2.05) is 12.1 Å². The first kappa shape index (κ1) is 13.7. The molecule has 0 aliphatic heterocycles. The minimum absolute atomic E-state index is 0.00506. The lowest BCUT2D eigenvalue weighted by Crippen LogP contribution is -2.27. The Morgan fingerprint density at radius 3 is 1.94 bits per heavy atom. The van der Waals surface area contributed by atoms with Gasteiger partial charge in [0.05, 0.1) is 0 Å². The van der Waals surface area contributed by atoms with E-state index in [9.17, 15) is 15.0 Å². The normalized spacial score (nSPS) is 15.4. The quantitative estimate of drug-likeness (QED) is 0.745. The average molecular weight is 238 g/mol. The van der Waals surface area contributed by atoms with Gasteiger partial charge < -0.3 is 15.3 Å². The maximum absolute atomic E-state index is 10.5. The van der Waals surface area contributed by atoms with Gasteiger partial charge in [-0.15, -0.1) is 0 Å². The van der Waals surface area contributed by atoms with E-state index in [4.69, 9.17) is 5.11 Å². The average Bonchev–Trinajstić information content (AvgIpc) is 2.26. The molecule has 0 amide bonds. The standard InChI is InChI=1S/C13H18O4/c1-13(2,3)9-6-4-8(5-7-9)10(14)11(15)12(16)17/h4-7,10-11,14-15H,1-3H3,(H,16,17). The molecule has 0 aliphatic carbocycles. The lowest BCUT2D eigenvalue weighted by Gasteiger charge is -2.20. The highest BCUT2D eigenvalue weighted by molar-refractivity contribution is 5.73. The minimum Gasteiger partial charge on any atom is -0.479 e. The second-order valence-electron chi connectivity index (χ2n) is 5.10. The molecule has 2 unspecified atom stereocenters. The molecule has 0 radical (unpaired) electrons. The predicted molar refractivity (Wildman–Crippen MR) is 63.7 cm³/mol. The van der Waals surface area contributed by atoms with E-state index in [-0.39, 0.29) is 5.41 Å². The Kier molecular flexibility index (Phi) is 3.91. The SMILES string of the molecule is CC(C)(C)c1ccc(C(O)C(O)C(=O)O)cc1. The summed E-state index contributed by atoms with van der Waals surface area (Å²) in [6.45, 7) is 6.18. The molecule has 4 nitrogen and oxygen atoms in total. The Morgan fingerprint density at radius 2 is 1.59 bits per heavy atom. The zero-order valence-electron chi connectivity index (χ0n) is 10.2. The van der Waals surface area contributed by atoms with Crippen LogP contribution >= 0.6 is 0 Å². The van der Waals surface area contributed by atoms with Crippen molar-refractivity contribution in [2.75, 3.05) is 0 Å². The topological polar surface area (TPSA) is 77.8 Å². The molecule has 94 valence electrons. The summed E-state index contributed by atoms with van der Waals surface area (Å²) in [6, 6.07) is 6.93. The monoisotopic (exact) mass is 238 g/mol. The van der Waals surface area contributed by atoms with Gasteiger partial charge in [0.15, 0.2) is 6.10 Å². The summed E-state index contributed by atoms with van der Waals surface area (Å²) in [7, 11) is 0. The molecule has 0 aliphatic rings. The van der Waals surface area contributed by atoms with E-state index in [0.29, 0.717) is 5.56 Å². The molecular weight excluding hydrogens is 220 g/mol. The van der Waals surface area contributed by atoms with Crippen LogP contribution in [0, 0.1) is 0 Å². The number of aliphatic hydroxyl groups is 2. The summed E-state index contributed by atoms with van der Waals surface area (Å²) < 4.78 is 0. The van der Waals surface area contributed by atoms with Crippen LogP contribution in [0.4, 0.5) is 0 Å². The van der Waals surface area contributed by atoms with Crippen LogP contribution in [0.2, 0.25) is 0 Å². The van der Waals surface area contributed by atoms with Gasteiger partial charge in [-0.25, -0.2) is 4.79 Å². The van der Waals surface area contributed by atoms with Crippen LogP contribution in [-0.2, 0) is 10.2 Å². The molecule has 0 saturated carbocycles. The molecule has 0 bridgehead atoms. The first-order valence-corrected chi connectivity index (χ1v) is 5.43. The Balaban J connectivity index is 2.92. The van der Waals surface area contributed by atoms with Crippen LogP contribution in [0.25, 0.3) is 0 Å². The molecule has 3 N–H and O–H groups in total. The highest BCUT2D eigenvalue weighted by Gasteiger charge is 2.25. The molecule has 2 atom stereocenters. The van der Waals surface area contributed by atoms with Crippen molar-refractivity contribution in [3.05, 3.63) is 35.4 Å². The van der Waals surface area contributed by atoms with Crippen LogP contribution in [0.15, 0.2) is 24.3 Å². The van der Waals surface area contributed by atoms with Gasteiger partial charge in [-0.1, -0.05) is 45.0 Å². The lowest BCUT2D eigenvalue weighted by atomic mass is 9.86. The van der Waals surface area contributed by atoms with Gasteiger partial charge in [0.25, 0.3) is 0 Å². The van der Waals surface area contributed by atoms with Crippen molar-refractivity contribution in [1.82, 2.24) is 0 Å². The Morgan fingerprint density at radius 1 is 1.12 bits per heavy atom. The Bertz CT molecular complexity index is 389. The molecule has 0 heterocycles. The van der Waals surface area contributed by atoms with E-state index >= 15 is 0 Å². The Labute approximate surface area is 101 Å². The van der Waals surface area contributed by atoms with Crippen LogP contribution in [0.3, 0.4) is 0 Å². The van der Waals surface area contributed by atoms with Crippen LogP contribution in [0.1, 0.15) is 38.0 Å². The first-order valence-electron chi connectivity index (χ1n) is 5.43. The molecular formula is C13H18O4. The molecule has 1 aromatic carbocycles. The number of carboxylic acid groups (broad SMARTS) is 1. The Hall–Kier alpha value is -1.39. The second-order valence-corrected chi connectivity index (χ2v) is 5.10. The lowest BCUT2D eigenvalue weighted by molar-refractivity contribution is -0.153. The third-order valence-corrected chi connectivity index (χ3v) is 2.67. The van der Waals surface area contributed by atoms with Gasteiger partial charge in [0.2, 0.25) is 0 Å². The van der Waals surface area contributed by atoms with E-state index in [1.54, 1.807) is 12.1 Å². The van der Waals surface area contributed by atoms with E-state index in [1.165, 1.54) is 0 Å². The number of aliphatic hydroxyl groups excluding tert-OH is 2. The highest BCUT2D eigenvalue weighted by atomic mass is 16.4. The zero-order chi connectivity index (χ0) is 13.2. The minimum atomic E-state index is -1.80. The zero-order valence-corrected chi connectivity index (χ0v) is 10.2. The van der Waals surface area contributed by atoms with Crippen LogP contribution in [-0.4, -0.2) is 27.4 Å². The second kappa shape index (κ2) is 4.85. The van der Waals surface area contributed by atoms with Crippen LogP contribution in [0.5, 0.6) is 0 Å². The summed E-state index contributed by atoms with van der Waals surface area (Å²) in [5, 5.41) is 27.4. The molecule has 1 rings (SSSR count). The van der Waals surface area contributed by atoms with Gasteiger partial charge in [0.1, 0.15) is 6.10 Å². The number of rotatable bonds is 3. The third-order valence-electron chi connectivity index (χ3n) is 2.67. The molecule has 4 heteroatoms. The van der Waals surface area contributed by atoms with E-state index < -0.39 is 18.2 Å². The van der Waals surface area contributed by atoms with Gasteiger partial charge in [-0.05, 0) is 16.5 Å². The molecule has 17 heavy (non-hydrogen) atoms. The maximum Gasteiger partial charge on any atom is 0.335 e. The fraction of sp³-hybridized carbons (Fsp3) is 0.462. The van der Waals surface area contributed by atoms with E-state index in [2.05, 4.69) is 20.8 Å². The van der Waals surface area contributed by atoms with Gasteiger partial charge >= 0.3 is 5.97 Å². The molecule has 1 aromatic rings. The van der Waals surface area contributed by atoms with Gasteiger partial charge in [-0.3, -0.25) is 0 Å². The number of hydrogen-bond donors (Lipinski definition) is 3. The number of benzene rings is 1. The molecule has 0 fully saturated rings. The fourth-order valence-corrected chi connectivity index (χ4v) is 1.50. The van der Waals surface area contributed by atoms with Crippen molar-refractivity contribution in [2.45, 2.75) is 38.4 Å². The highest BCUT2D eigenvalue weighted by Crippen LogP contribution is 2.24. The summed E-state index contributed by atoms with van der Waals surface area (Å²) in [5.74, 6) is -1.43. The smallest absolute Gasteiger partial charge is 0.335 e. The largest absolute Gasteiger partial charge is 0.479 e. The number of aliphatic carboxylic acids is 1. The molecule has 0 spiro atoms. The van der Waals surface area contributed by atoms with Crippen molar-refractivity contribution >= 4 is 5.97 Å². The van der Waals surface area contributed by atoms with Crippen molar-refractivity contribution < 1.29 is 20.1 Å². The first-order chi connectivity index (χ1) is 7.73. The predicted octanol–water partition coefficient (Wildman–Crippen LogP) is 1.46. The summed E-state index contributed by atoms with van der Waals surface area (Å²) in [5.41, 5.74) is 1.47. The van der Waals surface area contributed by atoms with Gasteiger partial charge in [0, 0.05) is 0 Å². The maximum atomic E-state index is 10.5. The molecule has 0 saturated heterocycles. The van der Waals surface area contributed by atoms with Crippen LogP contribution < -0.4 is 0 Å². The van der Waals surface area contributed by atoms with Crippen molar-refractivity contribution in [3.63, 3.8) is 0 Å². The molecule has 0 aromatic heterocycles. The summed E-state index contributed by atoms with van der Waals surface area (Å²) in [4.78, 5) is 10.5. The van der Waals surface area contributed by atoms with Gasteiger partial charge in [-0.2, -0.15) is 0 Å². The number of hydrogen-bond acceptors (Lipinski definition) is 3. The summed E-state index contributed by atoms with van der Waals surface area (Å²) >= 11 is 0. The number of carboxylic acids is 1. The summed E-state index contributed by atoms with van der Waals surface area (Å²) in [6.07, 6.45) is -3.20.